The fourth-order valence-electron chi connectivity index (χ4n) is 3.23. The van der Waals surface area contributed by atoms with Crippen LogP contribution in [0.5, 0.6) is 5.75 Å². The molecule has 4 nitrogen and oxygen atoms in total. The van der Waals surface area contributed by atoms with Gasteiger partial charge in [0.05, 0.1) is 12.3 Å². The van der Waals surface area contributed by atoms with Gasteiger partial charge < -0.3 is 15.4 Å². The summed E-state index contributed by atoms with van der Waals surface area (Å²) < 4.78 is 5.54. The Morgan fingerprint density at radius 3 is 2.46 bits per heavy atom. The van der Waals surface area contributed by atoms with E-state index in [-0.39, 0.29) is 11.4 Å². The second-order valence-electron chi connectivity index (χ2n) is 6.24. The van der Waals surface area contributed by atoms with Crippen molar-refractivity contribution < 1.29 is 9.53 Å². The molecule has 0 unspecified atom stereocenters. The van der Waals surface area contributed by atoms with Gasteiger partial charge in [-0.05, 0) is 37.5 Å². The minimum Gasteiger partial charge on any atom is -0.492 e. The Balaban J connectivity index is 1.62. The van der Waals surface area contributed by atoms with Gasteiger partial charge >= 0.3 is 6.03 Å². The van der Waals surface area contributed by atoms with Crippen LogP contribution in [0.25, 0.3) is 0 Å². The number of rotatable bonds is 6. The highest BCUT2D eigenvalue weighted by Crippen LogP contribution is 2.43. The molecule has 24 heavy (non-hydrogen) atoms. The molecule has 0 aliphatic heterocycles. The molecule has 0 aromatic heterocycles. The lowest BCUT2D eigenvalue weighted by Crippen LogP contribution is -2.46. The van der Waals surface area contributed by atoms with E-state index in [4.69, 9.17) is 4.74 Å². The van der Waals surface area contributed by atoms with Gasteiger partial charge in [0.1, 0.15) is 5.75 Å². The fourth-order valence-corrected chi connectivity index (χ4v) is 3.23. The maximum Gasteiger partial charge on any atom is 0.319 e. The van der Waals surface area contributed by atoms with E-state index in [1.807, 2.05) is 37.3 Å². The van der Waals surface area contributed by atoms with Gasteiger partial charge in [0, 0.05) is 12.0 Å². The van der Waals surface area contributed by atoms with Crippen molar-refractivity contribution in [3.8, 4) is 5.75 Å². The number of benzene rings is 2. The first-order chi connectivity index (χ1) is 11.7. The molecule has 1 aliphatic rings. The Kier molecular flexibility index (Phi) is 5.04. The van der Waals surface area contributed by atoms with Crippen molar-refractivity contribution in [3.05, 3.63) is 60.2 Å². The van der Waals surface area contributed by atoms with Crippen molar-refractivity contribution in [1.29, 1.82) is 0 Å². The number of nitrogens with one attached hydrogen (secondary N) is 2. The van der Waals surface area contributed by atoms with Crippen molar-refractivity contribution >= 4 is 11.7 Å². The molecule has 0 heterocycles. The van der Waals surface area contributed by atoms with E-state index in [0.29, 0.717) is 24.6 Å². The molecule has 2 N–H and O–H groups in total. The SMILES string of the molecule is CCOc1ccccc1NC(=O)NCC1(c2ccccc2)CCC1. The minimum atomic E-state index is -0.190. The van der Waals surface area contributed by atoms with E-state index in [1.54, 1.807) is 0 Å². The van der Waals surface area contributed by atoms with Gasteiger partial charge in [0.2, 0.25) is 0 Å². The summed E-state index contributed by atoms with van der Waals surface area (Å²) in [6.07, 6.45) is 3.45. The lowest BCUT2D eigenvalue weighted by molar-refractivity contribution is 0.222. The summed E-state index contributed by atoms with van der Waals surface area (Å²) in [5.41, 5.74) is 2.09. The zero-order valence-corrected chi connectivity index (χ0v) is 14.0. The van der Waals surface area contributed by atoms with E-state index in [0.717, 1.165) is 12.8 Å². The van der Waals surface area contributed by atoms with Crippen molar-refractivity contribution in [1.82, 2.24) is 5.32 Å². The molecular formula is C20H24N2O2. The summed E-state index contributed by atoms with van der Waals surface area (Å²) in [6, 6.07) is 17.8. The van der Waals surface area contributed by atoms with Crippen molar-refractivity contribution in [2.24, 2.45) is 0 Å². The first kappa shape index (κ1) is 16.4. The summed E-state index contributed by atoms with van der Waals surface area (Å²) in [6.45, 7) is 3.15. The lowest BCUT2D eigenvalue weighted by atomic mass is 9.64. The van der Waals surface area contributed by atoms with Crippen LogP contribution in [0.3, 0.4) is 0 Å². The summed E-state index contributed by atoms with van der Waals surface area (Å²) >= 11 is 0. The Labute approximate surface area is 143 Å². The molecule has 2 aromatic carbocycles. The molecular weight excluding hydrogens is 300 g/mol. The second-order valence-corrected chi connectivity index (χ2v) is 6.24. The number of carbonyl (C=O) groups is 1. The molecule has 2 amide bonds. The third kappa shape index (κ3) is 3.53. The maximum absolute atomic E-state index is 12.3. The number of hydrogen-bond donors (Lipinski definition) is 2. The van der Waals surface area contributed by atoms with Gasteiger partial charge in [-0.15, -0.1) is 0 Å². The third-order valence-corrected chi connectivity index (χ3v) is 4.72. The predicted molar refractivity (Wildman–Crippen MR) is 96.6 cm³/mol. The minimum absolute atomic E-state index is 0.0814. The summed E-state index contributed by atoms with van der Waals surface area (Å²) in [4.78, 5) is 12.3. The fraction of sp³-hybridized carbons (Fsp3) is 0.350. The highest BCUT2D eigenvalue weighted by molar-refractivity contribution is 5.91. The van der Waals surface area contributed by atoms with E-state index < -0.39 is 0 Å². The van der Waals surface area contributed by atoms with Crippen molar-refractivity contribution in [2.45, 2.75) is 31.6 Å². The maximum atomic E-state index is 12.3. The van der Waals surface area contributed by atoms with Crippen LogP contribution < -0.4 is 15.4 Å². The van der Waals surface area contributed by atoms with Gasteiger partial charge in [-0.2, -0.15) is 0 Å². The molecule has 0 radical (unpaired) electrons. The quantitative estimate of drug-likeness (QED) is 0.831. The second kappa shape index (κ2) is 7.39. The standard InChI is InChI=1S/C20H24N2O2/c1-2-24-18-12-7-6-11-17(18)22-19(23)21-15-20(13-8-14-20)16-9-4-3-5-10-16/h3-7,9-12H,2,8,13-15H2,1H3,(H2,21,22,23). The smallest absolute Gasteiger partial charge is 0.319 e. The monoisotopic (exact) mass is 324 g/mol. The molecule has 0 saturated heterocycles. The molecule has 0 bridgehead atoms. The third-order valence-electron chi connectivity index (χ3n) is 4.72. The van der Waals surface area contributed by atoms with Crippen LogP contribution in [-0.4, -0.2) is 19.2 Å². The van der Waals surface area contributed by atoms with Gasteiger partial charge in [0.25, 0.3) is 0 Å². The molecule has 3 rings (SSSR count). The average Bonchev–Trinajstić information content (AvgIpc) is 2.57. The number of hydrogen-bond acceptors (Lipinski definition) is 2. The first-order valence-corrected chi connectivity index (χ1v) is 8.56. The number of anilines is 1. The number of para-hydroxylation sites is 2. The lowest BCUT2D eigenvalue weighted by Gasteiger charge is -2.42. The van der Waals surface area contributed by atoms with Crippen LogP contribution in [0.2, 0.25) is 0 Å². The van der Waals surface area contributed by atoms with E-state index in [2.05, 4.69) is 34.9 Å². The highest BCUT2D eigenvalue weighted by atomic mass is 16.5. The molecule has 1 aliphatic carbocycles. The van der Waals surface area contributed by atoms with E-state index in [9.17, 15) is 4.79 Å². The molecule has 4 heteroatoms. The number of ether oxygens (including phenoxy) is 1. The Hall–Kier alpha value is -2.49. The molecule has 0 spiro atoms. The van der Waals surface area contributed by atoms with Crippen LogP contribution in [0, 0.1) is 0 Å². The van der Waals surface area contributed by atoms with Crippen molar-refractivity contribution in [3.63, 3.8) is 0 Å². The summed E-state index contributed by atoms with van der Waals surface area (Å²) in [5.74, 6) is 0.691. The Morgan fingerprint density at radius 1 is 1.08 bits per heavy atom. The van der Waals surface area contributed by atoms with Crippen LogP contribution >= 0.6 is 0 Å². The summed E-state index contributed by atoms with van der Waals surface area (Å²) in [7, 11) is 0. The topological polar surface area (TPSA) is 50.4 Å². The van der Waals surface area contributed by atoms with E-state index in [1.165, 1.54) is 12.0 Å². The Morgan fingerprint density at radius 2 is 1.79 bits per heavy atom. The van der Waals surface area contributed by atoms with Crippen LogP contribution in [-0.2, 0) is 5.41 Å². The number of amides is 2. The van der Waals surface area contributed by atoms with Gasteiger partial charge in [-0.25, -0.2) is 4.79 Å². The van der Waals surface area contributed by atoms with E-state index >= 15 is 0 Å². The molecule has 0 atom stereocenters. The molecule has 1 fully saturated rings. The number of carbonyl (C=O) groups excluding carboxylic acids is 1. The predicted octanol–water partition coefficient (Wildman–Crippen LogP) is 4.33. The normalized spacial score (nSPS) is 15.2. The van der Waals surface area contributed by atoms with Crippen LogP contribution in [0.4, 0.5) is 10.5 Å². The highest BCUT2D eigenvalue weighted by Gasteiger charge is 2.38. The van der Waals surface area contributed by atoms with Gasteiger partial charge in [0.15, 0.2) is 0 Å². The summed E-state index contributed by atoms with van der Waals surface area (Å²) in [5, 5.41) is 5.93. The van der Waals surface area contributed by atoms with Gasteiger partial charge in [-0.1, -0.05) is 48.9 Å². The zero-order chi connectivity index (χ0) is 16.8. The molecule has 1 saturated carbocycles. The van der Waals surface area contributed by atoms with Crippen molar-refractivity contribution in [2.75, 3.05) is 18.5 Å². The average molecular weight is 324 g/mol. The largest absolute Gasteiger partial charge is 0.492 e. The van der Waals surface area contributed by atoms with Gasteiger partial charge in [-0.3, -0.25) is 0 Å². The molecule has 2 aromatic rings. The van der Waals surface area contributed by atoms with Crippen LogP contribution in [0.1, 0.15) is 31.7 Å². The Bertz CT molecular complexity index is 681. The van der Waals surface area contributed by atoms with Crippen LogP contribution in [0.15, 0.2) is 54.6 Å². The zero-order valence-electron chi connectivity index (χ0n) is 14.0. The molecule has 126 valence electrons. The number of urea groups is 1. The first-order valence-electron chi connectivity index (χ1n) is 8.56.